The number of aliphatic hydroxyl groups is 1. The van der Waals surface area contributed by atoms with Gasteiger partial charge in [-0.05, 0) is 12.8 Å². The van der Waals surface area contributed by atoms with E-state index in [1.54, 1.807) is 0 Å². The second kappa shape index (κ2) is 5.62. The van der Waals surface area contributed by atoms with E-state index in [1.165, 1.54) is 0 Å². The molecule has 84 valence electrons. The van der Waals surface area contributed by atoms with Gasteiger partial charge in [0, 0.05) is 12.6 Å². The molecule has 0 spiro atoms. The summed E-state index contributed by atoms with van der Waals surface area (Å²) >= 11 is 0. The highest BCUT2D eigenvalue weighted by molar-refractivity contribution is 7.87. The average molecular weight is 224 g/mol. The molecule has 3 N–H and O–H groups in total. The van der Waals surface area contributed by atoms with E-state index >= 15 is 0 Å². The van der Waals surface area contributed by atoms with Crippen LogP contribution in [0.25, 0.3) is 0 Å². The van der Waals surface area contributed by atoms with Gasteiger partial charge < -0.3 is 9.84 Å². The highest BCUT2D eigenvalue weighted by atomic mass is 32.2. The molecule has 0 aromatic carbocycles. The van der Waals surface area contributed by atoms with Crippen LogP contribution >= 0.6 is 0 Å². The summed E-state index contributed by atoms with van der Waals surface area (Å²) in [5, 5.41) is 8.38. The van der Waals surface area contributed by atoms with Crippen molar-refractivity contribution in [2.75, 3.05) is 26.4 Å². The second-order valence-corrected chi connectivity index (χ2v) is 4.66. The topological polar surface area (TPSA) is 87.7 Å². The largest absolute Gasteiger partial charge is 0.394 e. The predicted octanol–water partition coefficient (Wildman–Crippen LogP) is -1.42. The first-order valence-electron chi connectivity index (χ1n) is 4.59. The van der Waals surface area contributed by atoms with Crippen LogP contribution in [0.15, 0.2) is 0 Å². The lowest BCUT2D eigenvalue weighted by Crippen LogP contribution is -2.39. The third-order valence-corrected chi connectivity index (χ3v) is 2.90. The van der Waals surface area contributed by atoms with Gasteiger partial charge >= 0.3 is 0 Å². The van der Waals surface area contributed by atoms with Crippen molar-refractivity contribution in [2.24, 2.45) is 0 Å². The molecular weight excluding hydrogens is 208 g/mol. The molecule has 0 aromatic rings. The first kappa shape index (κ1) is 11.9. The molecule has 1 rings (SSSR count). The number of rotatable bonds is 8. The Hall–Kier alpha value is -0.210. The Balaban J connectivity index is 2.03. The van der Waals surface area contributed by atoms with Gasteiger partial charge in [-0.15, -0.1) is 0 Å². The molecule has 0 unspecified atom stereocenters. The van der Waals surface area contributed by atoms with Gasteiger partial charge in [0.15, 0.2) is 0 Å². The molecule has 1 aliphatic rings. The van der Waals surface area contributed by atoms with Crippen LogP contribution < -0.4 is 9.44 Å². The zero-order chi connectivity index (χ0) is 10.4. The van der Waals surface area contributed by atoms with Crippen LogP contribution in [0.5, 0.6) is 0 Å². The van der Waals surface area contributed by atoms with E-state index in [0.29, 0.717) is 0 Å². The summed E-state index contributed by atoms with van der Waals surface area (Å²) < 4.78 is 32.1. The number of ether oxygens (including phenoxy) is 1. The molecule has 0 bridgehead atoms. The molecule has 1 fully saturated rings. The minimum atomic E-state index is -3.35. The van der Waals surface area contributed by atoms with Crippen molar-refractivity contribution in [2.45, 2.75) is 18.9 Å². The summed E-state index contributed by atoms with van der Waals surface area (Å²) in [6.45, 7) is 0.680. The van der Waals surface area contributed by atoms with Crippen molar-refractivity contribution >= 4 is 10.2 Å². The van der Waals surface area contributed by atoms with Crippen molar-refractivity contribution in [3.63, 3.8) is 0 Å². The maximum Gasteiger partial charge on any atom is 0.277 e. The van der Waals surface area contributed by atoms with Gasteiger partial charge in [-0.25, -0.2) is 0 Å². The SMILES string of the molecule is O=S(=O)(NCCOCCO)NC1CC1. The minimum Gasteiger partial charge on any atom is -0.394 e. The molecule has 0 atom stereocenters. The van der Waals surface area contributed by atoms with E-state index in [2.05, 4.69) is 9.44 Å². The second-order valence-electron chi connectivity index (χ2n) is 3.13. The van der Waals surface area contributed by atoms with Gasteiger partial charge in [-0.2, -0.15) is 17.9 Å². The van der Waals surface area contributed by atoms with Crippen LogP contribution in [0.4, 0.5) is 0 Å². The van der Waals surface area contributed by atoms with Crippen molar-refractivity contribution in [3.05, 3.63) is 0 Å². The van der Waals surface area contributed by atoms with Crippen molar-refractivity contribution < 1.29 is 18.3 Å². The number of hydrogen-bond acceptors (Lipinski definition) is 4. The molecule has 1 saturated carbocycles. The van der Waals surface area contributed by atoms with Crippen molar-refractivity contribution in [1.29, 1.82) is 0 Å². The summed E-state index contributed by atoms with van der Waals surface area (Å²) in [5.41, 5.74) is 0. The Labute approximate surface area is 83.8 Å². The predicted molar refractivity (Wildman–Crippen MR) is 51.0 cm³/mol. The first-order chi connectivity index (χ1) is 6.64. The summed E-state index contributed by atoms with van der Waals surface area (Å²) in [6.07, 6.45) is 1.84. The Morgan fingerprint density at radius 3 is 2.64 bits per heavy atom. The number of aliphatic hydroxyl groups excluding tert-OH is 1. The van der Waals surface area contributed by atoms with Gasteiger partial charge in [0.1, 0.15) is 0 Å². The van der Waals surface area contributed by atoms with Crippen molar-refractivity contribution in [3.8, 4) is 0 Å². The average Bonchev–Trinajstić information content (AvgIpc) is 2.87. The van der Waals surface area contributed by atoms with E-state index in [0.717, 1.165) is 12.8 Å². The maximum atomic E-state index is 11.2. The third-order valence-electron chi connectivity index (χ3n) is 1.67. The van der Waals surface area contributed by atoms with Gasteiger partial charge in [0.25, 0.3) is 10.2 Å². The van der Waals surface area contributed by atoms with Gasteiger partial charge in [-0.3, -0.25) is 0 Å². The van der Waals surface area contributed by atoms with Gasteiger partial charge in [0.05, 0.1) is 19.8 Å². The van der Waals surface area contributed by atoms with Gasteiger partial charge in [-0.1, -0.05) is 0 Å². The first-order valence-corrected chi connectivity index (χ1v) is 6.08. The van der Waals surface area contributed by atoms with Gasteiger partial charge in [0.2, 0.25) is 0 Å². The highest BCUT2D eigenvalue weighted by Gasteiger charge is 2.26. The zero-order valence-electron chi connectivity index (χ0n) is 7.90. The summed E-state index contributed by atoms with van der Waals surface area (Å²) in [6, 6.07) is 0.117. The standard InChI is InChI=1S/C7H16N2O4S/c10-4-6-13-5-3-8-14(11,12)9-7-1-2-7/h7-10H,1-6H2. The molecule has 1 aliphatic carbocycles. The summed E-state index contributed by atoms with van der Waals surface area (Å²) in [5.74, 6) is 0. The Kier molecular flexibility index (Phi) is 4.76. The van der Waals surface area contributed by atoms with Crippen LogP contribution in [0, 0.1) is 0 Å². The molecule has 0 radical (unpaired) electrons. The van der Waals surface area contributed by atoms with Crippen LogP contribution in [0.1, 0.15) is 12.8 Å². The van der Waals surface area contributed by atoms with E-state index in [4.69, 9.17) is 9.84 Å². The highest BCUT2D eigenvalue weighted by Crippen LogP contribution is 2.19. The molecule has 6 nitrogen and oxygen atoms in total. The maximum absolute atomic E-state index is 11.2. The fourth-order valence-electron chi connectivity index (χ4n) is 0.877. The summed E-state index contributed by atoms with van der Waals surface area (Å²) in [7, 11) is -3.35. The Morgan fingerprint density at radius 2 is 2.07 bits per heavy atom. The minimum absolute atomic E-state index is 0.0485. The lowest BCUT2D eigenvalue weighted by Gasteiger charge is -2.07. The number of hydrogen-bond donors (Lipinski definition) is 3. The van der Waals surface area contributed by atoms with Crippen molar-refractivity contribution in [1.82, 2.24) is 9.44 Å². The third kappa shape index (κ3) is 5.51. The molecule has 0 heterocycles. The molecule has 0 amide bonds. The Morgan fingerprint density at radius 1 is 1.36 bits per heavy atom. The summed E-state index contributed by atoms with van der Waals surface area (Å²) in [4.78, 5) is 0. The fraction of sp³-hybridized carbons (Fsp3) is 1.00. The van der Waals surface area contributed by atoms with E-state index in [9.17, 15) is 8.42 Å². The van der Waals surface area contributed by atoms with E-state index in [1.807, 2.05) is 0 Å². The molecule has 7 heteroatoms. The number of nitrogens with one attached hydrogen (secondary N) is 2. The van der Waals surface area contributed by atoms with Crippen LogP contribution in [0.2, 0.25) is 0 Å². The smallest absolute Gasteiger partial charge is 0.277 e. The van der Waals surface area contributed by atoms with Crippen LogP contribution in [0.3, 0.4) is 0 Å². The quantitative estimate of drug-likeness (QED) is 0.442. The van der Waals surface area contributed by atoms with E-state index in [-0.39, 0.29) is 32.4 Å². The molecule has 0 saturated heterocycles. The normalized spacial score (nSPS) is 17.2. The molecule has 0 aliphatic heterocycles. The zero-order valence-corrected chi connectivity index (χ0v) is 8.72. The monoisotopic (exact) mass is 224 g/mol. The lowest BCUT2D eigenvalue weighted by molar-refractivity contribution is 0.0961. The van der Waals surface area contributed by atoms with Crippen LogP contribution in [-0.4, -0.2) is 45.9 Å². The molecular formula is C7H16N2O4S. The lowest BCUT2D eigenvalue weighted by atomic mass is 10.7. The van der Waals surface area contributed by atoms with Crippen LogP contribution in [-0.2, 0) is 14.9 Å². The van der Waals surface area contributed by atoms with E-state index < -0.39 is 10.2 Å². The molecule has 14 heavy (non-hydrogen) atoms. The fourth-order valence-corrected chi connectivity index (χ4v) is 1.99. The molecule has 0 aromatic heterocycles. The Bertz CT molecular complexity index is 250.